The lowest BCUT2D eigenvalue weighted by atomic mass is 10.1. The molecule has 100 valence electrons. The molecule has 0 fully saturated rings. The number of carbonyl (C=O) groups excluding carboxylic acids is 1. The van der Waals surface area contributed by atoms with Gasteiger partial charge < -0.3 is 15.8 Å². The number of rotatable bonds is 4. The number of carbonyl (C=O) groups is 1. The summed E-state index contributed by atoms with van der Waals surface area (Å²) in [6, 6.07) is 11.7. The lowest BCUT2D eigenvalue weighted by Gasteiger charge is -2.06. The summed E-state index contributed by atoms with van der Waals surface area (Å²) >= 11 is 1.40. The number of nitrogen functional groups attached to an aromatic ring is 1. The zero-order chi connectivity index (χ0) is 13.7. The van der Waals surface area contributed by atoms with Gasteiger partial charge in [0.05, 0.1) is 0 Å². The van der Waals surface area contributed by atoms with E-state index >= 15 is 0 Å². The molecule has 1 heterocycles. The predicted octanol–water partition coefficient (Wildman–Crippen LogP) is 2.97. The molecule has 5 heteroatoms. The highest BCUT2D eigenvalue weighted by Crippen LogP contribution is 2.31. The van der Waals surface area contributed by atoms with Crippen LogP contribution < -0.4 is 15.8 Å². The quantitative estimate of drug-likeness (QED) is 0.902. The third kappa shape index (κ3) is 3.99. The van der Waals surface area contributed by atoms with E-state index in [0.29, 0.717) is 17.3 Å². The van der Waals surface area contributed by atoms with Gasteiger partial charge in [-0.1, -0.05) is 30.3 Å². The van der Waals surface area contributed by atoms with Crippen molar-refractivity contribution in [1.29, 1.82) is 0 Å². The van der Waals surface area contributed by atoms with Gasteiger partial charge in [0, 0.05) is 11.4 Å². The molecule has 0 unspecified atom stereocenters. The van der Waals surface area contributed by atoms with Crippen LogP contribution in [0.2, 0.25) is 0 Å². The first-order chi connectivity index (χ1) is 9.15. The van der Waals surface area contributed by atoms with Crippen LogP contribution in [-0.4, -0.2) is 12.6 Å². The van der Waals surface area contributed by atoms with E-state index in [1.165, 1.54) is 16.9 Å². The second-order valence-electron chi connectivity index (χ2n) is 4.14. The molecule has 19 heavy (non-hydrogen) atoms. The fourth-order valence-corrected chi connectivity index (χ4v) is 2.39. The maximum Gasteiger partial charge on any atom is 0.412 e. The van der Waals surface area contributed by atoms with E-state index in [0.717, 1.165) is 11.3 Å². The van der Waals surface area contributed by atoms with Gasteiger partial charge in [-0.3, -0.25) is 0 Å². The van der Waals surface area contributed by atoms with Crippen molar-refractivity contribution < 1.29 is 9.53 Å². The van der Waals surface area contributed by atoms with Crippen LogP contribution in [0, 0.1) is 6.92 Å². The molecule has 3 N–H and O–H groups in total. The van der Waals surface area contributed by atoms with Crippen LogP contribution in [0.15, 0.2) is 36.4 Å². The summed E-state index contributed by atoms with van der Waals surface area (Å²) in [4.78, 5) is 12.6. The van der Waals surface area contributed by atoms with E-state index in [2.05, 4.69) is 5.32 Å². The zero-order valence-corrected chi connectivity index (χ0v) is 11.5. The number of aryl methyl sites for hydroxylation is 1. The van der Waals surface area contributed by atoms with Crippen LogP contribution >= 0.6 is 11.3 Å². The minimum Gasteiger partial charge on any atom is -0.407 e. The molecular weight excluding hydrogens is 260 g/mol. The van der Waals surface area contributed by atoms with Crippen molar-refractivity contribution in [1.82, 2.24) is 5.32 Å². The highest BCUT2D eigenvalue weighted by atomic mass is 32.1. The summed E-state index contributed by atoms with van der Waals surface area (Å²) in [5.74, 6) is 0.430. The van der Waals surface area contributed by atoms with E-state index in [-0.39, 0.29) is 0 Å². The Morgan fingerprint density at radius 3 is 2.74 bits per heavy atom. The number of thiophene rings is 1. The molecule has 2 aromatic rings. The Labute approximate surface area is 116 Å². The Bertz CT molecular complexity index is 552. The number of anilines is 1. The van der Waals surface area contributed by atoms with Crippen LogP contribution in [0.4, 0.5) is 9.80 Å². The highest BCUT2D eigenvalue weighted by Gasteiger charge is 2.09. The second kappa shape index (κ2) is 6.24. The average molecular weight is 276 g/mol. The Kier molecular flexibility index (Phi) is 4.41. The number of ether oxygens (including phenoxy) is 1. The minimum absolute atomic E-state index is 0.430. The highest BCUT2D eigenvalue weighted by molar-refractivity contribution is 7.16. The summed E-state index contributed by atoms with van der Waals surface area (Å²) in [5, 5.41) is 3.23. The van der Waals surface area contributed by atoms with Crippen molar-refractivity contribution in [2.24, 2.45) is 0 Å². The summed E-state index contributed by atoms with van der Waals surface area (Å²) in [7, 11) is 0. The van der Waals surface area contributed by atoms with Crippen LogP contribution in [0.25, 0.3) is 0 Å². The SMILES string of the molecule is Cc1cc(OC(=O)NCCc2ccccc2)c(N)s1. The van der Waals surface area contributed by atoms with E-state index in [1.807, 2.05) is 37.3 Å². The first kappa shape index (κ1) is 13.4. The summed E-state index contributed by atoms with van der Waals surface area (Å²) in [5.41, 5.74) is 6.90. The molecule has 0 bridgehead atoms. The smallest absolute Gasteiger partial charge is 0.407 e. The third-order valence-corrected chi connectivity index (χ3v) is 3.44. The van der Waals surface area contributed by atoms with Crippen molar-refractivity contribution in [3.8, 4) is 5.75 Å². The van der Waals surface area contributed by atoms with Gasteiger partial charge in [0.15, 0.2) is 5.75 Å². The molecule has 1 aromatic carbocycles. The van der Waals surface area contributed by atoms with E-state index in [1.54, 1.807) is 6.07 Å². The molecule has 1 amide bonds. The molecule has 1 aromatic heterocycles. The maximum absolute atomic E-state index is 11.6. The Hall–Kier alpha value is -2.01. The van der Waals surface area contributed by atoms with Crippen molar-refractivity contribution in [3.05, 3.63) is 46.8 Å². The lowest BCUT2D eigenvalue weighted by Crippen LogP contribution is -2.28. The molecule has 0 saturated heterocycles. The maximum atomic E-state index is 11.6. The first-order valence-electron chi connectivity index (χ1n) is 6.00. The number of hydrogen-bond acceptors (Lipinski definition) is 4. The van der Waals surface area contributed by atoms with Gasteiger partial charge >= 0.3 is 6.09 Å². The number of nitrogens with one attached hydrogen (secondary N) is 1. The van der Waals surface area contributed by atoms with Gasteiger partial charge in [0.2, 0.25) is 0 Å². The number of hydrogen-bond donors (Lipinski definition) is 2. The van der Waals surface area contributed by atoms with Gasteiger partial charge in [-0.15, -0.1) is 11.3 Å². The van der Waals surface area contributed by atoms with Crippen LogP contribution in [0.1, 0.15) is 10.4 Å². The molecular formula is C14H16N2O2S. The van der Waals surface area contributed by atoms with Gasteiger partial charge in [-0.25, -0.2) is 4.79 Å². The Morgan fingerprint density at radius 2 is 2.11 bits per heavy atom. The van der Waals surface area contributed by atoms with E-state index in [9.17, 15) is 4.79 Å². The molecule has 0 spiro atoms. The molecule has 0 saturated carbocycles. The van der Waals surface area contributed by atoms with E-state index < -0.39 is 6.09 Å². The molecule has 0 aliphatic heterocycles. The summed E-state index contributed by atoms with van der Waals surface area (Å²) in [6.45, 7) is 2.45. The fraction of sp³-hybridized carbons (Fsp3) is 0.214. The minimum atomic E-state index is -0.472. The number of amides is 1. The molecule has 0 aliphatic carbocycles. The number of benzene rings is 1. The van der Waals surface area contributed by atoms with Crippen molar-refractivity contribution in [2.45, 2.75) is 13.3 Å². The third-order valence-electron chi connectivity index (χ3n) is 2.58. The molecule has 4 nitrogen and oxygen atoms in total. The van der Waals surface area contributed by atoms with E-state index in [4.69, 9.17) is 10.5 Å². The Balaban J connectivity index is 1.78. The van der Waals surface area contributed by atoms with Crippen LogP contribution in [-0.2, 0) is 6.42 Å². The van der Waals surface area contributed by atoms with Crippen molar-refractivity contribution in [3.63, 3.8) is 0 Å². The first-order valence-corrected chi connectivity index (χ1v) is 6.82. The van der Waals surface area contributed by atoms with Gasteiger partial charge in [-0.2, -0.15) is 0 Å². The average Bonchev–Trinajstić information content (AvgIpc) is 2.69. The van der Waals surface area contributed by atoms with Gasteiger partial charge in [0.25, 0.3) is 0 Å². The fourth-order valence-electron chi connectivity index (χ4n) is 1.68. The van der Waals surface area contributed by atoms with Crippen LogP contribution in [0.5, 0.6) is 5.75 Å². The molecule has 0 atom stereocenters. The second-order valence-corrected chi connectivity index (χ2v) is 5.43. The normalized spacial score (nSPS) is 10.2. The lowest BCUT2D eigenvalue weighted by molar-refractivity contribution is 0.201. The number of nitrogens with two attached hydrogens (primary N) is 1. The summed E-state index contributed by atoms with van der Waals surface area (Å²) < 4.78 is 5.14. The molecule has 0 aliphatic rings. The topological polar surface area (TPSA) is 64.3 Å². The van der Waals surface area contributed by atoms with Crippen molar-refractivity contribution >= 4 is 22.4 Å². The standard InChI is InChI=1S/C14H16N2O2S/c1-10-9-12(13(15)19-10)18-14(17)16-8-7-11-5-3-2-4-6-11/h2-6,9H,7-8,15H2,1H3,(H,16,17). The predicted molar refractivity (Wildman–Crippen MR) is 77.6 cm³/mol. The largest absolute Gasteiger partial charge is 0.412 e. The monoisotopic (exact) mass is 276 g/mol. The van der Waals surface area contributed by atoms with Gasteiger partial charge in [-0.05, 0) is 25.0 Å². The molecule has 2 rings (SSSR count). The Morgan fingerprint density at radius 1 is 1.37 bits per heavy atom. The van der Waals surface area contributed by atoms with Crippen LogP contribution in [0.3, 0.4) is 0 Å². The van der Waals surface area contributed by atoms with Gasteiger partial charge in [0.1, 0.15) is 5.00 Å². The zero-order valence-electron chi connectivity index (χ0n) is 10.7. The summed E-state index contributed by atoms with van der Waals surface area (Å²) in [6.07, 6.45) is 0.300. The molecule has 0 radical (unpaired) electrons. The van der Waals surface area contributed by atoms with Crippen molar-refractivity contribution in [2.75, 3.05) is 12.3 Å².